The summed E-state index contributed by atoms with van der Waals surface area (Å²) in [5.41, 5.74) is 2.34. The minimum absolute atomic E-state index is 0.220. The molecule has 2 heterocycles. The number of ether oxygens (including phenoxy) is 1. The maximum atomic E-state index is 14.5. The molecule has 1 aromatic carbocycles. The van der Waals surface area contributed by atoms with Crippen molar-refractivity contribution in [2.45, 2.75) is 32.0 Å². The lowest BCUT2D eigenvalue weighted by Crippen LogP contribution is -2.36. The highest BCUT2D eigenvalue weighted by molar-refractivity contribution is 5.83. The predicted molar refractivity (Wildman–Crippen MR) is 102 cm³/mol. The number of hydrogen-bond donors (Lipinski definition) is 1. The molecule has 7 heteroatoms. The normalized spacial score (nSPS) is 22.1. The standard InChI is InChI=1S/C21H24FN3O3/c1-13-11-23-9-8-14(13)12-24-20(26)16-10-18(21(27)28-3)25(2)19(16)15-6-4-5-7-17(15)22/h4-9,11,16,18-19H,10,12H2,1-3H3,(H,24,26)/t16-,18-,19-/m1/s1. The number of pyridine rings is 1. The molecule has 0 bridgehead atoms. The van der Waals surface area contributed by atoms with Crippen LogP contribution in [0, 0.1) is 18.7 Å². The van der Waals surface area contributed by atoms with Crippen molar-refractivity contribution >= 4 is 11.9 Å². The zero-order valence-electron chi connectivity index (χ0n) is 16.2. The molecule has 1 fully saturated rings. The minimum Gasteiger partial charge on any atom is -0.468 e. The van der Waals surface area contributed by atoms with Gasteiger partial charge in [-0.15, -0.1) is 0 Å². The van der Waals surface area contributed by atoms with Gasteiger partial charge >= 0.3 is 5.97 Å². The van der Waals surface area contributed by atoms with Crippen LogP contribution in [-0.4, -0.2) is 42.0 Å². The number of nitrogens with zero attached hydrogens (tertiary/aromatic N) is 2. The van der Waals surface area contributed by atoms with Crippen molar-refractivity contribution in [1.29, 1.82) is 0 Å². The number of likely N-dealkylation sites (tertiary alicyclic amines) is 1. The molecule has 0 aliphatic carbocycles. The van der Waals surface area contributed by atoms with Gasteiger partial charge in [0.1, 0.15) is 11.9 Å². The van der Waals surface area contributed by atoms with Crippen LogP contribution in [0.1, 0.15) is 29.2 Å². The number of methoxy groups -OCH3 is 1. The monoisotopic (exact) mass is 385 g/mol. The summed E-state index contributed by atoms with van der Waals surface area (Å²) in [4.78, 5) is 31.0. The lowest BCUT2D eigenvalue weighted by atomic mass is 9.92. The topological polar surface area (TPSA) is 71.5 Å². The fourth-order valence-electron chi connectivity index (χ4n) is 3.83. The molecule has 0 spiro atoms. The summed E-state index contributed by atoms with van der Waals surface area (Å²) in [6.07, 6.45) is 3.68. The molecule has 0 radical (unpaired) electrons. The first-order chi connectivity index (χ1) is 13.4. The van der Waals surface area contributed by atoms with E-state index >= 15 is 0 Å². The van der Waals surface area contributed by atoms with Crippen LogP contribution >= 0.6 is 0 Å². The fraction of sp³-hybridized carbons (Fsp3) is 0.381. The first-order valence-corrected chi connectivity index (χ1v) is 9.15. The quantitative estimate of drug-likeness (QED) is 0.800. The molecular formula is C21H24FN3O3. The van der Waals surface area contributed by atoms with E-state index in [1.54, 1.807) is 42.5 Å². The van der Waals surface area contributed by atoms with Crippen LogP contribution in [0.4, 0.5) is 4.39 Å². The van der Waals surface area contributed by atoms with Gasteiger partial charge < -0.3 is 10.1 Å². The second kappa shape index (κ2) is 8.48. The number of hydrogen-bond acceptors (Lipinski definition) is 5. The van der Waals surface area contributed by atoms with Crippen molar-refractivity contribution in [2.24, 2.45) is 5.92 Å². The molecule has 1 N–H and O–H groups in total. The summed E-state index contributed by atoms with van der Waals surface area (Å²) in [6, 6.07) is 7.05. The maximum Gasteiger partial charge on any atom is 0.323 e. The smallest absolute Gasteiger partial charge is 0.323 e. The van der Waals surface area contributed by atoms with Gasteiger partial charge in [-0.05, 0) is 43.7 Å². The molecule has 0 saturated carbocycles. The molecule has 2 aromatic rings. The molecule has 6 nitrogen and oxygen atoms in total. The van der Waals surface area contributed by atoms with E-state index in [9.17, 15) is 14.0 Å². The summed E-state index contributed by atoms with van der Waals surface area (Å²) in [5, 5.41) is 2.93. The first-order valence-electron chi connectivity index (χ1n) is 9.15. The van der Waals surface area contributed by atoms with Gasteiger partial charge in [0.15, 0.2) is 0 Å². The second-order valence-electron chi connectivity index (χ2n) is 7.03. The van der Waals surface area contributed by atoms with Crippen LogP contribution < -0.4 is 5.32 Å². The Hall–Kier alpha value is -2.80. The van der Waals surface area contributed by atoms with Crippen LogP contribution in [0.15, 0.2) is 42.7 Å². The molecule has 148 valence electrons. The third kappa shape index (κ3) is 3.89. The summed E-state index contributed by atoms with van der Waals surface area (Å²) in [5.74, 6) is -1.62. The Balaban J connectivity index is 1.85. The lowest BCUT2D eigenvalue weighted by Gasteiger charge is -2.27. The Morgan fingerprint density at radius 3 is 2.75 bits per heavy atom. The highest BCUT2D eigenvalue weighted by atomic mass is 19.1. The zero-order valence-corrected chi connectivity index (χ0v) is 16.2. The Bertz CT molecular complexity index is 873. The summed E-state index contributed by atoms with van der Waals surface area (Å²) in [7, 11) is 3.03. The average Bonchev–Trinajstić information content (AvgIpc) is 3.04. The van der Waals surface area contributed by atoms with Crippen LogP contribution in [0.3, 0.4) is 0 Å². The Kier molecular flexibility index (Phi) is 6.04. The summed E-state index contributed by atoms with van der Waals surface area (Å²) >= 11 is 0. The van der Waals surface area contributed by atoms with Gasteiger partial charge in [0.05, 0.1) is 13.0 Å². The van der Waals surface area contributed by atoms with Crippen LogP contribution in [0.2, 0.25) is 0 Å². The van der Waals surface area contributed by atoms with Crippen LogP contribution in [0.5, 0.6) is 0 Å². The molecule has 3 atom stereocenters. The van der Waals surface area contributed by atoms with Crippen molar-refractivity contribution in [3.05, 3.63) is 65.2 Å². The van der Waals surface area contributed by atoms with E-state index in [4.69, 9.17) is 4.74 Å². The van der Waals surface area contributed by atoms with Gasteiger partial charge in [-0.1, -0.05) is 18.2 Å². The summed E-state index contributed by atoms with van der Waals surface area (Å²) < 4.78 is 19.4. The molecule has 1 aliphatic heterocycles. The first kappa shape index (κ1) is 19.9. The van der Waals surface area contributed by atoms with E-state index in [2.05, 4.69) is 10.3 Å². The SMILES string of the molecule is COC(=O)[C@H]1C[C@@H](C(=O)NCc2ccncc2C)[C@@H](c2ccccc2F)N1C. The maximum absolute atomic E-state index is 14.5. The predicted octanol–water partition coefficient (Wildman–Crippen LogP) is 2.38. The van der Waals surface area contributed by atoms with E-state index in [1.165, 1.54) is 13.2 Å². The van der Waals surface area contributed by atoms with Crippen LogP contribution in [0.25, 0.3) is 0 Å². The highest BCUT2D eigenvalue weighted by Crippen LogP contribution is 2.41. The second-order valence-corrected chi connectivity index (χ2v) is 7.03. The van der Waals surface area contributed by atoms with Gasteiger partial charge in [-0.3, -0.25) is 19.5 Å². The number of nitrogens with one attached hydrogen (secondary N) is 1. The van der Waals surface area contributed by atoms with Crippen molar-refractivity contribution < 1.29 is 18.7 Å². The molecule has 28 heavy (non-hydrogen) atoms. The number of aryl methyl sites for hydroxylation is 1. The fourth-order valence-corrected chi connectivity index (χ4v) is 3.83. The molecule has 1 aliphatic rings. The average molecular weight is 385 g/mol. The van der Waals surface area contributed by atoms with E-state index in [1.807, 2.05) is 13.0 Å². The minimum atomic E-state index is -0.604. The number of amides is 1. The Morgan fingerprint density at radius 1 is 1.32 bits per heavy atom. The van der Waals surface area contributed by atoms with Gasteiger partial charge in [0.25, 0.3) is 0 Å². The number of likely N-dealkylation sites (N-methyl/N-ethyl adjacent to an activating group) is 1. The van der Waals surface area contributed by atoms with Gasteiger partial charge in [-0.25, -0.2) is 4.39 Å². The lowest BCUT2D eigenvalue weighted by molar-refractivity contribution is -0.145. The summed E-state index contributed by atoms with van der Waals surface area (Å²) in [6.45, 7) is 2.27. The number of halogens is 1. The number of aromatic nitrogens is 1. The molecule has 1 amide bonds. The van der Waals surface area contributed by atoms with Crippen molar-refractivity contribution in [3.8, 4) is 0 Å². The number of rotatable bonds is 5. The highest BCUT2D eigenvalue weighted by Gasteiger charge is 2.47. The third-order valence-electron chi connectivity index (χ3n) is 5.41. The van der Waals surface area contributed by atoms with E-state index in [-0.39, 0.29) is 12.3 Å². The van der Waals surface area contributed by atoms with Gasteiger partial charge in [0.2, 0.25) is 5.91 Å². The van der Waals surface area contributed by atoms with Crippen molar-refractivity contribution in [1.82, 2.24) is 15.2 Å². The zero-order chi connectivity index (χ0) is 20.3. The third-order valence-corrected chi connectivity index (χ3v) is 5.41. The largest absolute Gasteiger partial charge is 0.468 e. The molecule has 3 rings (SSSR count). The molecule has 1 saturated heterocycles. The molecule has 0 unspecified atom stereocenters. The van der Waals surface area contributed by atoms with E-state index in [0.717, 1.165) is 11.1 Å². The molecular weight excluding hydrogens is 361 g/mol. The molecule has 1 aromatic heterocycles. The van der Waals surface area contributed by atoms with Gasteiger partial charge in [-0.2, -0.15) is 0 Å². The van der Waals surface area contributed by atoms with E-state index in [0.29, 0.717) is 12.1 Å². The Morgan fingerprint density at radius 2 is 2.07 bits per heavy atom. The van der Waals surface area contributed by atoms with Crippen molar-refractivity contribution in [2.75, 3.05) is 14.2 Å². The number of carbonyl (C=O) groups excluding carboxylic acids is 2. The number of benzene rings is 1. The number of carbonyl (C=O) groups is 2. The Labute approximate surface area is 163 Å². The van der Waals surface area contributed by atoms with Crippen LogP contribution in [-0.2, 0) is 20.9 Å². The number of esters is 1. The van der Waals surface area contributed by atoms with Gasteiger partial charge in [0, 0.05) is 30.5 Å². The van der Waals surface area contributed by atoms with E-state index < -0.39 is 29.8 Å². The van der Waals surface area contributed by atoms with Crippen molar-refractivity contribution in [3.63, 3.8) is 0 Å².